The molecule has 0 aromatic heterocycles. The van der Waals surface area contributed by atoms with Crippen LogP contribution in [0, 0.1) is 6.92 Å². The Balaban J connectivity index is 1.83. The number of benzene rings is 2. The predicted molar refractivity (Wildman–Crippen MR) is 101 cm³/mol. The van der Waals surface area contributed by atoms with Crippen LogP contribution in [0.1, 0.15) is 21.5 Å². The molecule has 122 valence electrons. The van der Waals surface area contributed by atoms with E-state index in [1.807, 2.05) is 55.5 Å². The van der Waals surface area contributed by atoms with Crippen molar-refractivity contribution in [1.82, 2.24) is 4.90 Å². The normalized spacial score (nSPS) is 16.0. The number of amides is 1. The third-order valence-electron chi connectivity index (χ3n) is 3.83. The van der Waals surface area contributed by atoms with E-state index in [0.29, 0.717) is 17.9 Å². The highest BCUT2D eigenvalue weighted by atomic mass is 79.9. The Morgan fingerprint density at radius 2 is 1.92 bits per heavy atom. The number of thioether (sulfide) groups is 1. The first-order chi connectivity index (χ1) is 11.5. The zero-order valence-electron chi connectivity index (χ0n) is 13.2. The van der Waals surface area contributed by atoms with E-state index in [-0.39, 0.29) is 11.7 Å². The minimum Gasteiger partial charge on any atom is -0.301 e. The largest absolute Gasteiger partial charge is 0.301 e. The highest BCUT2D eigenvalue weighted by Crippen LogP contribution is 2.31. The maximum Gasteiger partial charge on any atom is 0.238 e. The van der Waals surface area contributed by atoms with Gasteiger partial charge >= 0.3 is 0 Å². The van der Waals surface area contributed by atoms with Crippen LogP contribution in [0.15, 0.2) is 64.1 Å². The Hall–Kier alpha value is -1.85. The third-order valence-corrected chi connectivity index (χ3v) is 5.38. The zero-order chi connectivity index (χ0) is 17.1. The summed E-state index contributed by atoms with van der Waals surface area (Å²) in [4.78, 5) is 26.4. The second kappa shape index (κ2) is 7.36. The predicted octanol–water partition coefficient (Wildman–Crippen LogP) is 4.56. The van der Waals surface area contributed by atoms with Crippen molar-refractivity contribution in [3.63, 3.8) is 0 Å². The number of hydrogen-bond acceptors (Lipinski definition) is 3. The first-order valence-electron chi connectivity index (χ1n) is 7.54. The van der Waals surface area contributed by atoms with Gasteiger partial charge in [-0.2, -0.15) is 0 Å². The topological polar surface area (TPSA) is 37.4 Å². The van der Waals surface area contributed by atoms with Crippen molar-refractivity contribution in [3.8, 4) is 0 Å². The Bertz CT molecular complexity index is 814. The highest BCUT2D eigenvalue weighted by molar-refractivity contribution is 9.10. The van der Waals surface area contributed by atoms with Gasteiger partial charge < -0.3 is 4.90 Å². The van der Waals surface area contributed by atoms with Gasteiger partial charge in [-0.05, 0) is 30.2 Å². The second-order valence-electron chi connectivity index (χ2n) is 5.56. The minimum absolute atomic E-state index is 0.0340. The van der Waals surface area contributed by atoms with Gasteiger partial charge in [0, 0.05) is 16.1 Å². The standard InChI is InChI=1S/C19H16BrNO2S/c1-13-4-2-3-5-16(13)17(22)10-19-21(18(23)12-24-19)11-14-6-8-15(20)9-7-14/h2-10H,11-12H2,1H3/b19-10-. The Labute approximate surface area is 153 Å². The number of rotatable bonds is 4. The lowest BCUT2D eigenvalue weighted by Gasteiger charge is -2.17. The van der Waals surface area contributed by atoms with Gasteiger partial charge in [0.05, 0.1) is 17.3 Å². The fraction of sp³-hybridized carbons (Fsp3) is 0.158. The van der Waals surface area contributed by atoms with E-state index in [4.69, 9.17) is 0 Å². The smallest absolute Gasteiger partial charge is 0.238 e. The molecule has 0 N–H and O–H groups in total. The molecule has 0 unspecified atom stereocenters. The lowest BCUT2D eigenvalue weighted by atomic mass is 10.1. The number of nitrogens with zero attached hydrogens (tertiary/aromatic N) is 1. The summed E-state index contributed by atoms with van der Waals surface area (Å²) in [5, 5.41) is 0.719. The summed E-state index contributed by atoms with van der Waals surface area (Å²) in [6, 6.07) is 15.3. The molecule has 0 spiro atoms. The number of allylic oxidation sites excluding steroid dienone is 1. The fourth-order valence-corrected chi connectivity index (χ4v) is 3.72. The van der Waals surface area contributed by atoms with Gasteiger partial charge in [0.25, 0.3) is 0 Å². The van der Waals surface area contributed by atoms with E-state index in [1.54, 1.807) is 11.0 Å². The van der Waals surface area contributed by atoms with Crippen LogP contribution >= 0.6 is 27.7 Å². The van der Waals surface area contributed by atoms with Gasteiger partial charge in [0.2, 0.25) is 5.91 Å². The number of aryl methyl sites for hydroxylation is 1. The van der Waals surface area contributed by atoms with E-state index in [9.17, 15) is 9.59 Å². The molecular weight excluding hydrogens is 386 g/mol. The molecule has 1 amide bonds. The first-order valence-corrected chi connectivity index (χ1v) is 9.32. The van der Waals surface area contributed by atoms with E-state index >= 15 is 0 Å². The minimum atomic E-state index is -0.0638. The van der Waals surface area contributed by atoms with Crippen molar-refractivity contribution >= 4 is 39.4 Å². The molecule has 0 bridgehead atoms. The average molecular weight is 402 g/mol. The molecule has 0 atom stereocenters. The van der Waals surface area contributed by atoms with Gasteiger partial charge in [0.15, 0.2) is 5.78 Å². The van der Waals surface area contributed by atoms with Crippen LogP contribution in [-0.4, -0.2) is 22.3 Å². The van der Waals surface area contributed by atoms with Crippen LogP contribution in [0.3, 0.4) is 0 Å². The summed E-state index contributed by atoms with van der Waals surface area (Å²) in [5.74, 6) is 0.349. The quantitative estimate of drug-likeness (QED) is 0.556. The summed E-state index contributed by atoms with van der Waals surface area (Å²) in [6.45, 7) is 2.39. The van der Waals surface area contributed by atoms with Crippen LogP contribution < -0.4 is 0 Å². The molecule has 2 aromatic rings. The van der Waals surface area contributed by atoms with E-state index < -0.39 is 0 Å². The molecule has 3 nitrogen and oxygen atoms in total. The summed E-state index contributed by atoms with van der Waals surface area (Å²) >= 11 is 4.82. The van der Waals surface area contributed by atoms with Crippen molar-refractivity contribution in [2.75, 3.05) is 5.75 Å². The molecule has 0 aliphatic carbocycles. The van der Waals surface area contributed by atoms with Crippen LogP contribution in [0.2, 0.25) is 0 Å². The maximum atomic E-state index is 12.5. The van der Waals surface area contributed by atoms with Crippen molar-refractivity contribution in [2.24, 2.45) is 0 Å². The van der Waals surface area contributed by atoms with Crippen LogP contribution in [0.4, 0.5) is 0 Å². The van der Waals surface area contributed by atoms with Crippen molar-refractivity contribution < 1.29 is 9.59 Å². The molecule has 5 heteroatoms. The van der Waals surface area contributed by atoms with Gasteiger partial charge in [-0.25, -0.2) is 0 Å². The van der Waals surface area contributed by atoms with Crippen LogP contribution in [0.5, 0.6) is 0 Å². The number of carbonyl (C=O) groups excluding carboxylic acids is 2. The molecule has 0 saturated carbocycles. The number of hydrogen-bond donors (Lipinski definition) is 0. The SMILES string of the molecule is Cc1ccccc1C(=O)/C=C1\SCC(=O)N1Cc1ccc(Br)cc1. The molecule has 1 aliphatic rings. The second-order valence-corrected chi connectivity index (χ2v) is 7.47. The first kappa shape index (κ1) is 17.0. The molecule has 0 radical (unpaired) electrons. The monoisotopic (exact) mass is 401 g/mol. The fourth-order valence-electron chi connectivity index (χ4n) is 2.51. The summed E-state index contributed by atoms with van der Waals surface area (Å²) < 4.78 is 0.999. The molecule has 24 heavy (non-hydrogen) atoms. The van der Waals surface area contributed by atoms with Gasteiger partial charge in [-0.1, -0.05) is 64.1 Å². The molecule has 1 heterocycles. The van der Waals surface area contributed by atoms with Crippen molar-refractivity contribution in [2.45, 2.75) is 13.5 Å². The Morgan fingerprint density at radius 1 is 1.21 bits per heavy atom. The van der Waals surface area contributed by atoms with E-state index in [1.165, 1.54) is 11.8 Å². The zero-order valence-corrected chi connectivity index (χ0v) is 15.6. The summed E-state index contributed by atoms with van der Waals surface area (Å²) in [6.07, 6.45) is 1.58. The Kier molecular flexibility index (Phi) is 5.21. The van der Waals surface area contributed by atoms with Crippen molar-refractivity contribution in [3.05, 3.63) is 80.8 Å². The summed E-state index contributed by atoms with van der Waals surface area (Å²) in [7, 11) is 0. The highest BCUT2D eigenvalue weighted by Gasteiger charge is 2.27. The molecule has 3 rings (SSSR count). The van der Waals surface area contributed by atoms with Gasteiger partial charge in [-0.3, -0.25) is 9.59 Å². The molecular formula is C19H16BrNO2S. The van der Waals surface area contributed by atoms with E-state index in [2.05, 4.69) is 15.9 Å². The molecule has 2 aromatic carbocycles. The molecule has 1 aliphatic heterocycles. The molecule has 1 saturated heterocycles. The average Bonchev–Trinajstić information content (AvgIpc) is 2.90. The maximum absolute atomic E-state index is 12.5. The number of ketones is 1. The van der Waals surface area contributed by atoms with Crippen LogP contribution in [0.25, 0.3) is 0 Å². The lowest BCUT2D eigenvalue weighted by molar-refractivity contribution is -0.125. The van der Waals surface area contributed by atoms with Crippen LogP contribution in [-0.2, 0) is 11.3 Å². The number of halogens is 1. The number of carbonyl (C=O) groups is 2. The van der Waals surface area contributed by atoms with Crippen molar-refractivity contribution in [1.29, 1.82) is 0 Å². The Morgan fingerprint density at radius 3 is 2.62 bits per heavy atom. The summed E-state index contributed by atoms with van der Waals surface area (Å²) in [5.41, 5.74) is 2.64. The lowest BCUT2D eigenvalue weighted by Crippen LogP contribution is -2.24. The van der Waals surface area contributed by atoms with Gasteiger partial charge in [-0.15, -0.1) is 0 Å². The van der Waals surface area contributed by atoms with Gasteiger partial charge in [0.1, 0.15) is 0 Å². The third kappa shape index (κ3) is 3.79. The van der Waals surface area contributed by atoms with E-state index in [0.717, 1.165) is 20.6 Å². The molecule has 1 fully saturated rings.